The van der Waals surface area contributed by atoms with Crippen molar-refractivity contribution in [1.29, 1.82) is 0 Å². The van der Waals surface area contributed by atoms with Gasteiger partial charge >= 0.3 is 0 Å². The minimum Gasteiger partial charge on any atom is -0.379 e. The van der Waals surface area contributed by atoms with Crippen molar-refractivity contribution in [2.75, 3.05) is 72.6 Å². The van der Waals surface area contributed by atoms with Gasteiger partial charge in [-0.15, -0.1) is 0 Å². The van der Waals surface area contributed by atoms with E-state index in [0.717, 1.165) is 64.1 Å². The molecular weight excluding hydrogens is 386 g/mol. The molecule has 1 amide bonds. The van der Waals surface area contributed by atoms with Gasteiger partial charge in [0.2, 0.25) is 0 Å². The summed E-state index contributed by atoms with van der Waals surface area (Å²) in [5, 5.41) is 3.84. The highest BCUT2D eigenvalue weighted by molar-refractivity contribution is 8.01. The second kappa shape index (κ2) is 11.3. The van der Waals surface area contributed by atoms with E-state index in [9.17, 15) is 4.79 Å². The van der Waals surface area contributed by atoms with Crippen LogP contribution in [0.15, 0.2) is 29.4 Å². The number of hydrogen-bond acceptors (Lipinski definition) is 7. The molecule has 162 valence electrons. The number of pyridine rings is 1. The molecule has 1 aromatic rings. The summed E-state index contributed by atoms with van der Waals surface area (Å²) in [6.07, 6.45) is 4.25. The Morgan fingerprint density at radius 3 is 2.55 bits per heavy atom. The molecule has 2 aliphatic rings. The molecule has 0 spiro atoms. The number of thioether (sulfide) groups is 1. The number of aromatic nitrogens is 1. The third kappa shape index (κ3) is 5.92. The van der Waals surface area contributed by atoms with Crippen LogP contribution in [0.2, 0.25) is 0 Å². The fourth-order valence-corrected chi connectivity index (χ4v) is 5.37. The normalized spacial score (nSPS) is 21.6. The monoisotopic (exact) mass is 421 g/mol. The van der Waals surface area contributed by atoms with E-state index in [1.54, 1.807) is 25.0 Å². The lowest BCUT2D eigenvalue weighted by Crippen LogP contribution is -2.66. The van der Waals surface area contributed by atoms with Gasteiger partial charge in [-0.1, -0.05) is 31.2 Å². The molecule has 1 N–H and O–H groups in total. The Hall–Kier alpha value is -1.19. The van der Waals surface area contributed by atoms with E-state index in [2.05, 4.69) is 31.9 Å². The standard InChI is InChI=1S/C21H35N5O2S/c1-3-4-9-24-10-12-26(13-11-24)21(20(27)22-2,18-25-14-16-28-17-15-25)29-19-7-5-6-8-23-19/h5-8H,3-4,9-18H2,1-2H3,(H,22,27). The molecule has 3 rings (SSSR count). The quantitative estimate of drug-likeness (QED) is 0.604. The third-order valence-electron chi connectivity index (χ3n) is 5.75. The number of likely N-dealkylation sites (N-methyl/N-ethyl adjacent to an activating group) is 1. The summed E-state index contributed by atoms with van der Waals surface area (Å²) >= 11 is 1.59. The molecule has 2 fully saturated rings. The second-order valence-electron chi connectivity index (χ2n) is 7.70. The SMILES string of the molecule is CCCCN1CCN(C(CN2CCOCC2)(Sc2ccccn2)C(=O)NC)CC1. The largest absolute Gasteiger partial charge is 0.379 e. The number of rotatable bonds is 9. The Labute approximate surface area is 179 Å². The lowest BCUT2D eigenvalue weighted by Gasteiger charge is -2.48. The molecule has 3 heterocycles. The number of nitrogens with one attached hydrogen (secondary N) is 1. The van der Waals surface area contributed by atoms with Gasteiger partial charge in [-0.2, -0.15) is 0 Å². The van der Waals surface area contributed by atoms with Gasteiger partial charge in [0.1, 0.15) is 0 Å². The van der Waals surface area contributed by atoms with E-state index in [1.165, 1.54) is 12.8 Å². The smallest absolute Gasteiger partial charge is 0.252 e. The van der Waals surface area contributed by atoms with E-state index >= 15 is 0 Å². The first-order valence-corrected chi connectivity index (χ1v) is 11.6. The second-order valence-corrected chi connectivity index (χ2v) is 9.00. The van der Waals surface area contributed by atoms with Crippen molar-refractivity contribution >= 4 is 17.7 Å². The van der Waals surface area contributed by atoms with Gasteiger partial charge in [0.05, 0.1) is 18.2 Å². The highest BCUT2D eigenvalue weighted by Crippen LogP contribution is 2.37. The van der Waals surface area contributed by atoms with E-state index in [4.69, 9.17) is 4.74 Å². The zero-order valence-electron chi connectivity index (χ0n) is 17.8. The first-order valence-electron chi connectivity index (χ1n) is 10.8. The van der Waals surface area contributed by atoms with Crippen molar-refractivity contribution in [2.24, 2.45) is 0 Å². The first kappa shape index (κ1) is 22.5. The van der Waals surface area contributed by atoms with Crippen molar-refractivity contribution in [1.82, 2.24) is 25.0 Å². The van der Waals surface area contributed by atoms with Gasteiger partial charge in [0.15, 0.2) is 4.87 Å². The number of amides is 1. The lowest BCUT2D eigenvalue weighted by molar-refractivity contribution is -0.130. The molecule has 2 saturated heterocycles. The van der Waals surface area contributed by atoms with Crippen LogP contribution in [0.25, 0.3) is 0 Å². The minimum atomic E-state index is -0.697. The van der Waals surface area contributed by atoms with Crippen LogP contribution in [0.1, 0.15) is 19.8 Å². The first-order chi connectivity index (χ1) is 14.2. The Kier molecular flexibility index (Phi) is 8.74. The summed E-state index contributed by atoms with van der Waals surface area (Å²) in [7, 11) is 1.74. The van der Waals surface area contributed by atoms with Crippen molar-refractivity contribution in [3.05, 3.63) is 24.4 Å². The summed E-state index contributed by atoms with van der Waals surface area (Å²) < 4.78 is 5.53. The number of unbranched alkanes of at least 4 members (excludes halogenated alkanes) is 1. The number of piperazine rings is 1. The van der Waals surface area contributed by atoms with Crippen LogP contribution >= 0.6 is 11.8 Å². The Bertz CT molecular complexity index is 621. The predicted molar refractivity (Wildman–Crippen MR) is 117 cm³/mol. The topological polar surface area (TPSA) is 60.9 Å². The molecule has 8 heteroatoms. The minimum absolute atomic E-state index is 0.0571. The molecule has 1 aromatic heterocycles. The molecular formula is C21H35N5O2S. The van der Waals surface area contributed by atoms with Gasteiger partial charge in [0.25, 0.3) is 5.91 Å². The summed E-state index contributed by atoms with van der Waals surface area (Å²) in [6, 6.07) is 5.90. The van der Waals surface area contributed by atoms with E-state index in [1.807, 2.05) is 18.2 Å². The van der Waals surface area contributed by atoms with Gasteiger partial charge < -0.3 is 15.0 Å². The fourth-order valence-electron chi connectivity index (χ4n) is 4.01. The molecule has 0 aromatic carbocycles. The number of nitrogens with zero attached hydrogens (tertiary/aromatic N) is 4. The molecule has 0 bridgehead atoms. The van der Waals surface area contributed by atoms with Gasteiger partial charge in [-0.05, 0) is 25.1 Å². The van der Waals surface area contributed by atoms with Crippen molar-refractivity contribution in [3.8, 4) is 0 Å². The summed E-state index contributed by atoms with van der Waals surface area (Å²) in [6.45, 7) is 11.0. The predicted octanol–water partition coefficient (Wildman–Crippen LogP) is 1.37. The van der Waals surface area contributed by atoms with Crippen molar-refractivity contribution in [2.45, 2.75) is 29.7 Å². The molecule has 1 unspecified atom stereocenters. The van der Waals surface area contributed by atoms with Crippen LogP contribution in [0, 0.1) is 0 Å². The van der Waals surface area contributed by atoms with Gasteiger partial charge in [0, 0.05) is 59.1 Å². The van der Waals surface area contributed by atoms with Crippen LogP contribution in [0.5, 0.6) is 0 Å². The number of morpholine rings is 1. The highest BCUT2D eigenvalue weighted by Gasteiger charge is 2.47. The Balaban J connectivity index is 1.83. The molecule has 0 aliphatic carbocycles. The van der Waals surface area contributed by atoms with Crippen molar-refractivity contribution in [3.63, 3.8) is 0 Å². The average Bonchev–Trinajstić information content (AvgIpc) is 2.78. The fraction of sp³-hybridized carbons (Fsp3) is 0.714. The summed E-state index contributed by atoms with van der Waals surface area (Å²) in [4.78, 5) is 24.5. The lowest BCUT2D eigenvalue weighted by atomic mass is 10.1. The van der Waals surface area contributed by atoms with Crippen LogP contribution in [-0.2, 0) is 9.53 Å². The van der Waals surface area contributed by atoms with Gasteiger partial charge in [-0.3, -0.25) is 14.6 Å². The number of ether oxygens (including phenoxy) is 1. The van der Waals surface area contributed by atoms with Crippen LogP contribution in [0.3, 0.4) is 0 Å². The molecule has 2 aliphatic heterocycles. The van der Waals surface area contributed by atoms with Crippen LogP contribution < -0.4 is 5.32 Å². The highest BCUT2D eigenvalue weighted by atomic mass is 32.2. The maximum atomic E-state index is 13.4. The molecule has 7 nitrogen and oxygen atoms in total. The molecule has 0 saturated carbocycles. The summed E-state index contributed by atoms with van der Waals surface area (Å²) in [5.41, 5.74) is 0. The van der Waals surface area contributed by atoms with E-state index in [-0.39, 0.29) is 5.91 Å². The van der Waals surface area contributed by atoms with Crippen molar-refractivity contribution < 1.29 is 9.53 Å². The Morgan fingerprint density at radius 1 is 1.17 bits per heavy atom. The maximum absolute atomic E-state index is 13.4. The third-order valence-corrected chi connectivity index (χ3v) is 7.11. The van der Waals surface area contributed by atoms with Gasteiger partial charge in [-0.25, -0.2) is 4.98 Å². The molecule has 0 radical (unpaired) electrons. The zero-order valence-corrected chi connectivity index (χ0v) is 18.6. The Morgan fingerprint density at radius 2 is 1.93 bits per heavy atom. The molecule has 29 heavy (non-hydrogen) atoms. The van der Waals surface area contributed by atoms with E-state index < -0.39 is 4.87 Å². The number of carbonyl (C=O) groups is 1. The van der Waals surface area contributed by atoms with Crippen LogP contribution in [-0.4, -0.2) is 103 Å². The average molecular weight is 422 g/mol. The number of carbonyl (C=O) groups excluding carboxylic acids is 1. The summed E-state index contributed by atoms with van der Waals surface area (Å²) in [5.74, 6) is 0.0571. The molecule has 1 atom stereocenters. The number of hydrogen-bond donors (Lipinski definition) is 1. The maximum Gasteiger partial charge on any atom is 0.252 e. The van der Waals surface area contributed by atoms with E-state index in [0.29, 0.717) is 6.54 Å². The zero-order chi connectivity index (χ0) is 20.5. The van der Waals surface area contributed by atoms with Crippen LogP contribution in [0.4, 0.5) is 0 Å².